The number of hydrogen-bond acceptors (Lipinski definition) is 5. The number of pyridine rings is 1. The number of rotatable bonds is 6. The molecule has 0 fully saturated rings. The molecule has 3 aromatic rings. The van der Waals surface area contributed by atoms with Crippen molar-refractivity contribution in [3.63, 3.8) is 0 Å². The number of hydrogen-bond donors (Lipinski definition) is 1. The quantitative estimate of drug-likeness (QED) is 0.608. The lowest BCUT2D eigenvalue weighted by Crippen LogP contribution is -2.15. The van der Waals surface area contributed by atoms with Crippen LogP contribution in [0.1, 0.15) is 23.6 Å². The van der Waals surface area contributed by atoms with Gasteiger partial charge in [-0.25, -0.2) is 4.98 Å². The van der Waals surface area contributed by atoms with Gasteiger partial charge in [0, 0.05) is 5.39 Å². The second-order valence-corrected chi connectivity index (χ2v) is 7.34. The van der Waals surface area contributed by atoms with Gasteiger partial charge in [0.15, 0.2) is 0 Å². The Morgan fingerprint density at radius 3 is 2.79 bits per heavy atom. The number of benzene rings is 2. The molecular formula is C22H21N3O2S. The maximum Gasteiger partial charge on any atom is 0.234 e. The number of carbonyl (C=O) groups excluding carboxylic acids is 1. The molecule has 0 aliphatic heterocycles. The first kappa shape index (κ1) is 19.7. The summed E-state index contributed by atoms with van der Waals surface area (Å²) in [5.41, 5.74) is 4.15. The Kier molecular flexibility index (Phi) is 6.17. The molecule has 0 aliphatic carbocycles. The molecule has 28 heavy (non-hydrogen) atoms. The number of carbonyl (C=O) groups is 1. The Labute approximate surface area is 168 Å². The van der Waals surface area contributed by atoms with E-state index in [1.807, 2.05) is 51.1 Å². The number of aryl methyl sites for hydroxylation is 2. The predicted molar refractivity (Wildman–Crippen MR) is 113 cm³/mol. The zero-order valence-corrected chi connectivity index (χ0v) is 16.9. The summed E-state index contributed by atoms with van der Waals surface area (Å²) in [6.45, 7) is 6.44. The molecule has 1 amide bonds. The van der Waals surface area contributed by atoms with Gasteiger partial charge in [0.05, 0.1) is 29.1 Å². The van der Waals surface area contributed by atoms with Crippen LogP contribution < -0.4 is 10.1 Å². The van der Waals surface area contributed by atoms with Gasteiger partial charge in [-0.1, -0.05) is 35.5 Å². The van der Waals surface area contributed by atoms with Gasteiger partial charge >= 0.3 is 0 Å². The van der Waals surface area contributed by atoms with E-state index in [2.05, 4.69) is 22.4 Å². The van der Waals surface area contributed by atoms with E-state index in [1.165, 1.54) is 11.8 Å². The zero-order chi connectivity index (χ0) is 20.1. The molecule has 5 nitrogen and oxygen atoms in total. The summed E-state index contributed by atoms with van der Waals surface area (Å²) in [4.78, 5) is 17.1. The lowest BCUT2D eigenvalue weighted by atomic mass is 10.1. The maximum atomic E-state index is 12.4. The minimum atomic E-state index is -0.177. The topological polar surface area (TPSA) is 75.0 Å². The molecule has 6 heteroatoms. The van der Waals surface area contributed by atoms with E-state index in [4.69, 9.17) is 4.74 Å². The van der Waals surface area contributed by atoms with Crippen molar-refractivity contribution in [2.45, 2.75) is 25.8 Å². The molecule has 0 aliphatic rings. The van der Waals surface area contributed by atoms with Crippen molar-refractivity contribution in [1.29, 1.82) is 5.26 Å². The van der Waals surface area contributed by atoms with E-state index < -0.39 is 0 Å². The number of anilines is 1. The second kappa shape index (κ2) is 8.77. The van der Waals surface area contributed by atoms with Crippen LogP contribution in [-0.2, 0) is 4.79 Å². The van der Waals surface area contributed by atoms with Gasteiger partial charge in [-0.2, -0.15) is 5.26 Å². The number of para-hydroxylation sites is 2. The van der Waals surface area contributed by atoms with E-state index in [0.717, 1.165) is 22.0 Å². The molecule has 0 unspecified atom stereocenters. The fourth-order valence-corrected chi connectivity index (χ4v) is 3.75. The normalized spacial score (nSPS) is 10.5. The van der Waals surface area contributed by atoms with Crippen LogP contribution in [-0.4, -0.2) is 23.3 Å². The highest BCUT2D eigenvalue weighted by molar-refractivity contribution is 8.00. The Bertz CT molecular complexity index is 1070. The third-order valence-corrected chi connectivity index (χ3v) is 5.13. The number of fused-ring (bicyclic) bond motifs is 1. The number of ether oxygens (including phenoxy) is 1. The molecule has 0 saturated heterocycles. The average Bonchev–Trinajstić information content (AvgIpc) is 2.67. The van der Waals surface area contributed by atoms with Crippen LogP contribution in [0.25, 0.3) is 10.9 Å². The van der Waals surface area contributed by atoms with Crippen molar-refractivity contribution in [3.05, 3.63) is 59.2 Å². The summed E-state index contributed by atoms with van der Waals surface area (Å²) in [6, 6.07) is 15.4. The Morgan fingerprint density at radius 1 is 1.25 bits per heavy atom. The Hall–Kier alpha value is -3.04. The first-order valence-electron chi connectivity index (χ1n) is 8.98. The van der Waals surface area contributed by atoms with E-state index in [-0.39, 0.29) is 11.7 Å². The van der Waals surface area contributed by atoms with Crippen LogP contribution in [0, 0.1) is 25.2 Å². The maximum absolute atomic E-state index is 12.4. The SMILES string of the molecule is CCOc1ccccc1NC(=O)CSc1nc2c(C)cc(C)cc2cc1C#N. The fraction of sp³-hybridized carbons (Fsp3) is 0.227. The first-order chi connectivity index (χ1) is 13.5. The molecule has 1 N–H and O–H groups in total. The monoisotopic (exact) mass is 391 g/mol. The van der Waals surface area contributed by atoms with Crippen molar-refractivity contribution in [2.24, 2.45) is 0 Å². The van der Waals surface area contributed by atoms with Crippen molar-refractivity contribution in [2.75, 3.05) is 17.7 Å². The van der Waals surface area contributed by atoms with E-state index in [0.29, 0.717) is 28.6 Å². The zero-order valence-electron chi connectivity index (χ0n) is 16.1. The highest BCUT2D eigenvalue weighted by Crippen LogP contribution is 2.28. The van der Waals surface area contributed by atoms with Crippen LogP contribution in [0.3, 0.4) is 0 Å². The lowest BCUT2D eigenvalue weighted by Gasteiger charge is -2.11. The largest absolute Gasteiger partial charge is 0.492 e. The molecule has 1 aromatic heterocycles. The van der Waals surface area contributed by atoms with E-state index in [1.54, 1.807) is 6.07 Å². The Morgan fingerprint density at radius 2 is 2.04 bits per heavy atom. The summed E-state index contributed by atoms with van der Waals surface area (Å²) < 4.78 is 5.53. The summed E-state index contributed by atoms with van der Waals surface area (Å²) in [6.07, 6.45) is 0. The van der Waals surface area contributed by atoms with Gasteiger partial charge in [-0.15, -0.1) is 0 Å². The predicted octanol–water partition coefficient (Wildman–Crippen LogP) is 4.85. The number of nitrogens with one attached hydrogen (secondary N) is 1. The standard InChI is InChI=1S/C22H21N3O2S/c1-4-27-19-8-6-5-7-18(19)24-20(26)13-28-22-17(12-23)11-16-10-14(2)9-15(3)21(16)25-22/h5-11H,4,13H2,1-3H3,(H,24,26). The van der Waals surface area contributed by atoms with Crippen LogP contribution in [0.5, 0.6) is 5.75 Å². The number of amides is 1. The highest BCUT2D eigenvalue weighted by Gasteiger charge is 2.13. The molecule has 0 atom stereocenters. The van der Waals surface area contributed by atoms with Crippen LogP contribution >= 0.6 is 11.8 Å². The molecule has 0 spiro atoms. The molecule has 1 heterocycles. The third-order valence-electron chi connectivity index (χ3n) is 4.14. The summed E-state index contributed by atoms with van der Waals surface area (Å²) in [5, 5.41) is 13.9. The molecule has 0 radical (unpaired) electrons. The minimum Gasteiger partial charge on any atom is -0.492 e. The summed E-state index contributed by atoms with van der Waals surface area (Å²) in [7, 11) is 0. The third kappa shape index (κ3) is 4.44. The van der Waals surface area contributed by atoms with Crippen molar-refractivity contribution >= 4 is 34.3 Å². The van der Waals surface area contributed by atoms with Crippen molar-refractivity contribution < 1.29 is 9.53 Å². The van der Waals surface area contributed by atoms with Gasteiger partial charge in [0.25, 0.3) is 0 Å². The summed E-state index contributed by atoms with van der Waals surface area (Å²) >= 11 is 1.26. The average molecular weight is 391 g/mol. The first-order valence-corrected chi connectivity index (χ1v) is 9.97. The fourth-order valence-electron chi connectivity index (χ4n) is 3.00. The summed E-state index contributed by atoms with van der Waals surface area (Å²) in [5.74, 6) is 0.609. The Balaban J connectivity index is 1.78. The molecule has 0 saturated carbocycles. The number of aromatic nitrogens is 1. The molecule has 0 bridgehead atoms. The second-order valence-electron chi connectivity index (χ2n) is 6.37. The van der Waals surface area contributed by atoms with Gasteiger partial charge in [0.2, 0.25) is 5.91 Å². The lowest BCUT2D eigenvalue weighted by molar-refractivity contribution is -0.113. The molecule has 3 rings (SSSR count). The van der Waals surface area contributed by atoms with Gasteiger partial charge in [-0.05, 0) is 50.6 Å². The van der Waals surface area contributed by atoms with Crippen LogP contribution in [0.15, 0.2) is 47.5 Å². The van der Waals surface area contributed by atoms with Gasteiger partial charge in [0.1, 0.15) is 16.8 Å². The van der Waals surface area contributed by atoms with E-state index >= 15 is 0 Å². The van der Waals surface area contributed by atoms with Crippen molar-refractivity contribution in [3.8, 4) is 11.8 Å². The minimum absolute atomic E-state index is 0.151. The smallest absolute Gasteiger partial charge is 0.234 e. The molecule has 142 valence electrons. The van der Waals surface area contributed by atoms with Gasteiger partial charge < -0.3 is 10.1 Å². The number of thioether (sulfide) groups is 1. The molecular weight excluding hydrogens is 370 g/mol. The number of nitrogens with zero attached hydrogens (tertiary/aromatic N) is 2. The van der Waals surface area contributed by atoms with E-state index in [9.17, 15) is 10.1 Å². The van der Waals surface area contributed by atoms with Crippen LogP contribution in [0.2, 0.25) is 0 Å². The van der Waals surface area contributed by atoms with Gasteiger partial charge in [-0.3, -0.25) is 4.79 Å². The molecule has 2 aromatic carbocycles. The highest BCUT2D eigenvalue weighted by atomic mass is 32.2. The van der Waals surface area contributed by atoms with Crippen LogP contribution in [0.4, 0.5) is 5.69 Å². The van der Waals surface area contributed by atoms with Crippen molar-refractivity contribution in [1.82, 2.24) is 4.98 Å². The number of nitriles is 1.